The van der Waals surface area contributed by atoms with E-state index in [1.165, 1.54) is 12.8 Å². The minimum absolute atomic E-state index is 0.318. The molecule has 0 saturated heterocycles. The first kappa shape index (κ1) is 15.3. The molecule has 0 amide bonds. The van der Waals surface area contributed by atoms with E-state index in [-0.39, 0.29) is 0 Å². The van der Waals surface area contributed by atoms with Crippen molar-refractivity contribution in [1.29, 1.82) is 0 Å². The van der Waals surface area contributed by atoms with Gasteiger partial charge in [0.15, 0.2) is 0 Å². The average molecular weight is 276 g/mol. The number of aromatic nitrogens is 1. The van der Waals surface area contributed by atoms with Crippen molar-refractivity contribution in [2.45, 2.75) is 59.5 Å². The Bertz CT molecular complexity index is 436. The number of nitrogens with two attached hydrogens (primary N) is 1. The van der Waals surface area contributed by atoms with Gasteiger partial charge >= 0.3 is 0 Å². The topological polar surface area (TPSA) is 59.1 Å². The van der Waals surface area contributed by atoms with E-state index >= 15 is 0 Å². The molecule has 20 heavy (non-hydrogen) atoms. The van der Waals surface area contributed by atoms with Crippen LogP contribution in [0.2, 0.25) is 0 Å². The fourth-order valence-corrected chi connectivity index (χ4v) is 3.51. The quantitative estimate of drug-likeness (QED) is 0.862. The molecule has 3 nitrogen and oxygen atoms in total. The SMILES string of the molecule is Cc1ccnc(N)c1C(O)C1CCC(C(C)(C)C)CC1. The van der Waals surface area contributed by atoms with E-state index in [0.29, 0.717) is 17.2 Å². The van der Waals surface area contributed by atoms with Crippen molar-refractivity contribution in [2.75, 3.05) is 5.73 Å². The van der Waals surface area contributed by atoms with Crippen molar-refractivity contribution in [3.8, 4) is 0 Å². The molecule has 3 heteroatoms. The van der Waals surface area contributed by atoms with Crippen molar-refractivity contribution < 1.29 is 5.11 Å². The lowest BCUT2D eigenvalue weighted by atomic mass is 9.68. The summed E-state index contributed by atoms with van der Waals surface area (Å²) >= 11 is 0. The van der Waals surface area contributed by atoms with Crippen LogP contribution in [0.5, 0.6) is 0 Å². The fraction of sp³-hybridized carbons (Fsp3) is 0.706. The van der Waals surface area contributed by atoms with E-state index < -0.39 is 6.10 Å². The number of anilines is 1. The van der Waals surface area contributed by atoms with Gasteiger partial charge in [-0.15, -0.1) is 0 Å². The highest BCUT2D eigenvalue weighted by Crippen LogP contribution is 2.44. The molecule has 0 aromatic carbocycles. The van der Waals surface area contributed by atoms with Crippen LogP contribution in [-0.4, -0.2) is 10.1 Å². The maximum atomic E-state index is 10.7. The highest BCUT2D eigenvalue weighted by molar-refractivity contribution is 5.45. The zero-order chi connectivity index (χ0) is 14.9. The number of aliphatic hydroxyl groups is 1. The minimum Gasteiger partial charge on any atom is -0.388 e. The molecule has 2 rings (SSSR count). The Morgan fingerprint density at radius 1 is 1.25 bits per heavy atom. The molecule has 1 aromatic rings. The average Bonchev–Trinajstić information content (AvgIpc) is 2.37. The van der Waals surface area contributed by atoms with Crippen molar-refractivity contribution in [1.82, 2.24) is 4.98 Å². The molecule has 1 saturated carbocycles. The van der Waals surface area contributed by atoms with Crippen LogP contribution < -0.4 is 5.73 Å². The molecule has 1 heterocycles. The predicted octanol–water partition coefficient (Wildman–Crippen LogP) is 3.86. The summed E-state index contributed by atoms with van der Waals surface area (Å²) in [6, 6.07) is 1.93. The molecule has 3 N–H and O–H groups in total. The van der Waals surface area contributed by atoms with E-state index in [2.05, 4.69) is 25.8 Å². The molecule has 1 atom stereocenters. The Morgan fingerprint density at radius 3 is 2.35 bits per heavy atom. The lowest BCUT2D eigenvalue weighted by Crippen LogP contribution is -2.28. The normalized spacial score (nSPS) is 25.4. The van der Waals surface area contributed by atoms with Crippen molar-refractivity contribution in [3.05, 3.63) is 23.4 Å². The molecule has 112 valence electrons. The summed E-state index contributed by atoms with van der Waals surface area (Å²) in [4.78, 5) is 4.13. The number of pyridine rings is 1. The van der Waals surface area contributed by atoms with Crippen molar-refractivity contribution >= 4 is 5.82 Å². The third-order valence-electron chi connectivity index (χ3n) is 4.98. The number of rotatable bonds is 2. The zero-order valence-corrected chi connectivity index (χ0v) is 13.2. The summed E-state index contributed by atoms with van der Waals surface area (Å²) in [6.07, 6.45) is 5.80. The van der Waals surface area contributed by atoms with Gasteiger partial charge in [0, 0.05) is 11.8 Å². The van der Waals surface area contributed by atoms with Crippen LogP contribution in [0.15, 0.2) is 12.3 Å². The second kappa shape index (κ2) is 5.72. The number of hydrogen-bond donors (Lipinski definition) is 2. The van der Waals surface area contributed by atoms with Gasteiger partial charge in [-0.2, -0.15) is 0 Å². The first-order chi connectivity index (χ1) is 9.30. The van der Waals surface area contributed by atoms with Gasteiger partial charge in [0.1, 0.15) is 5.82 Å². The monoisotopic (exact) mass is 276 g/mol. The smallest absolute Gasteiger partial charge is 0.129 e. The van der Waals surface area contributed by atoms with E-state index in [4.69, 9.17) is 5.73 Å². The number of nitrogens with zero attached hydrogens (tertiary/aromatic N) is 1. The van der Waals surface area contributed by atoms with Gasteiger partial charge in [0.2, 0.25) is 0 Å². The summed E-state index contributed by atoms with van der Waals surface area (Å²) in [5, 5.41) is 10.7. The van der Waals surface area contributed by atoms with Gasteiger partial charge in [-0.1, -0.05) is 20.8 Å². The van der Waals surface area contributed by atoms with Crippen LogP contribution in [0.25, 0.3) is 0 Å². The van der Waals surface area contributed by atoms with Crippen LogP contribution in [0, 0.1) is 24.2 Å². The Balaban J connectivity index is 2.07. The lowest BCUT2D eigenvalue weighted by molar-refractivity contribution is 0.0527. The summed E-state index contributed by atoms with van der Waals surface area (Å²) in [5.74, 6) is 1.56. The lowest BCUT2D eigenvalue weighted by Gasteiger charge is -2.38. The Labute approximate surface area is 122 Å². The molecule has 0 spiro atoms. The zero-order valence-electron chi connectivity index (χ0n) is 13.2. The predicted molar refractivity (Wildman–Crippen MR) is 83.2 cm³/mol. The van der Waals surface area contributed by atoms with Crippen LogP contribution in [0.1, 0.15) is 63.7 Å². The number of nitrogen functional groups attached to an aromatic ring is 1. The molecule has 0 aliphatic heterocycles. The second-order valence-corrected chi connectivity index (χ2v) is 7.35. The number of aliphatic hydroxyl groups excluding tert-OH is 1. The first-order valence-corrected chi connectivity index (χ1v) is 7.69. The van der Waals surface area contributed by atoms with E-state index in [1.54, 1.807) is 6.20 Å². The summed E-state index contributed by atoms with van der Waals surface area (Å²) in [5.41, 5.74) is 8.21. The van der Waals surface area contributed by atoms with E-state index in [0.717, 1.165) is 29.9 Å². The molecule has 0 bridgehead atoms. The minimum atomic E-state index is -0.468. The van der Waals surface area contributed by atoms with Crippen LogP contribution >= 0.6 is 0 Å². The molecule has 0 radical (unpaired) electrons. The van der Waals surface area contributed by atoms with Gasteiger partial charge in [-0.3, -0.25) is 0 Å². The standard InChI is InChI=1S/C17H28N2O/c1-11-9-10-19-16(18)14(11)15(20)12-5-7-13(8-6-12)17(2,3)4/h9-10,12-13,15,20H,5-8H2,1-4H3,(H2,18,19). The Kier molecular flexibility index (Phi) is 4.38. The van der Waals surface area contributed by atoms with Gasteiger partial charge in [0.25, 0.3) is 0 Å². The first-order valence-electron chi connectivity index (χ1n) is 7.69. The van der Waals surface area contributed by atoms with Crippen LogP contribution in [-0.2, 0) is 0 Å². The molecular weight excluding hydrogens is 248 g/mol. The second-order valence-electron chi connectivity index (χ2n) is 7.35. The largest absolute Gasteiger partial charge is 0.388 e. The summed E-state index contributed by atoms with van der Waals surface area (Å²) in [6.45, 7) is 8.95. The molecule has 1 unspecified atom stereocenters. The third-order valence-corrected chi connectivity index (χ3v) is 4.98. The van der Waals surface area contributed by atoms with Gasteiger partial charge < -0.3 is 10.8 Å². The van der Waals surface area contributed by atoms with Gasteiger partial charge in [0.05, 0.1) is 6.10 Å². The van der Waals surface area contributed by atoms with Gasteiger partial charge in [-0.05, 0) is 61.5 Å². The molecule has 1 aliphatic rings. The fourth-order valence-electron chi connectivity index (χ4n) is 3.51. The molecule has 1 fully saturated rings. The number of hydrogen-bond acceptors (Lipinski definition) is 3. The highest BCUT2D eigenvalue weighted by Gasteiger charge is 2.33. The molecular formula is C17H28N2O. The highest BCUT2D eigenvalue weighted by atomic mass is 16.3. The maximum absolute atomic E-state index is 10.7. The summed E-state index contributed by atoms with van der Waals surface area (Å²) in [7, 11) is 0. The van der Waals surface area contributed by atoms with Crippen molar-refractivity contribution in [2.24, 2.45) is 17.3 Å². The Morgan fingerprint density at radius 2 is 1.85 bits per heavy atom. The van der Waals surface area contributed by atoms with E-state index in [9.17, 15) is 5.11 Å². The van der Waals surface area contributed by atoms with Crippen LogP contribution in [0.4, 0.5) is 5.82 Å². The van der Waals surface area contributed by atoms with Gasteiger partial charge in [-0.25, -0.2) is 4.98 Å². The molecule has 1 aliphatic carbocycles. The van der Waals surface area contributed by atoms with E-state index in [1.807, 2.05) is 13.0 Å². The van der Waals surface area contributed by atoms with Crippen LogP contribution in [0.3, 0.4) is 0 Å². The number of aryl methyl sites for hydroxylation is 1. The molecule has 1 aromatic heterocycles. The maximum Gasteiger partial charge on any atom is 0.129 e. The Hall–Kier alpha value is -1.09. The van der Waals surface area contributed by atoms with Crippen molar-refractivity contribution in [3.63, 3.8) is 0 Å². The third kappa shape index (κ3) is 3.14. The summed E-state index contributed by atoms with van der Waals surface area (Å²) < 4.78 is 0.